The Kier molecular flexibility index (Phi) is 3.33. The molecule has 3 unspecified atom stereocenters. The van der Waals surface area contributed by atoms with Gasteiger partial charge in [-0.3, -0.25) is 0 Å². The van der Waals surface area contributed by atoms with E-state index in [-0.39, 0.29) is 6.04 Å². The molecule has 0 amide bonds. The average molecular weight is 227 g/mol. The van der Waals surface area contributed by atoms with Gasteiger partial charge in [0.1, 0.15) is 10.0 Å². The Morgan fingerprint density at radius 3 is 2.93 bits per heavy atom. The van der Waals surface area contributed by atoms with Crippen molar-refractivity contribution in [3.63, 3.8) is 0 Å². The normalized spacial score (nSPS) is 28.2. The first-order valence-electron chi connectivity index (χ1n) is 5.33. The number of rotatable bonds is 3. The predicted molar refractivity (Wildman–Crippen MR) is 60.2 cm³/mol. The molecule has 0 saturated carbocycles. The van der Waals surface area contributed by atoms with Crippen LogP contribution < -0.4 is 5.32 Å². The lowest BCUT2D eigenvalue weighted by atomic mass is 10.1. The highest BCUT2D eigenvalue weighted by Crippen LogP contribution is 2.32. The topological polar surface area (TPSA) is 47.0 Å². The van der Waals surface area contributed by atoms with Gasteiger partial charge in [0.15, 0.2) is 0 Å². The van der Waals surface area contributed by atoms with E-state index in [1.165, 1.54) is 0 Å². The highest BCUT2D eigenvalue weighted by molar-refractivity contribution is 7.11. The van der Waals surface area contributed by atoms with Crippen LogP contribution in [0.25, 0.3) is 0 Å². The summed E-state index contributed by atoms with van der Waals surface area (Å²) in [4.78, 5) is 0. The van der Waals surface area contributed by atoms with Gasteiger partial charge in [-0.25, -0.2) is 0 Å². The van der Waals surface area contributed by atoms with Crippen LogP contribution in [0.5, 0.6) is 0 Å². The van der Waals surface area contributed by atoms with Crippen molar-refractivity contribution in [3.05, 3.63) is 10.0 Å². The molecule has 0 bridgehead atoms. The molecule has 0 radical (unpaired) electrons. The first kappa shape index (κ1) is 11.0. The molecule has 84 valence electrons. The lowest BCUT2D eigenvalue weighted by Crippen LogP contribution is -2.11. The van der Waals surface area contributed by atoms with E-state index in [1.807, 2.05) is 7.05 Å². The Labute approximate surface area is 94.1 Å². The molecule has 3 atom stereocenters. The van der Waals surface area contributed by atoms with Crippen LogP contribution in [0.1, 0.15) is 42.2 Å². The van der Waals surface area contributed by atoms with Gasteiger partial charge in [-0.15, -0.1) is 10.2 Å². The van der Waals surface area contributed by atoms with Crippen LogP contribution in [0.2, 0.25) is 0 Å². The number of hydrogen-bond acceptors (Lipinski definition) is 5. The summed E-state index contributed by atoms with van der Waals surface area (Å²) in [5.74, 6) is 0.454. The second-order valence-corrected chi connectivity index (χ2v) is 5.11. The molecular weight excluding hydrogens is 210 g/mol. The van der Waals surface area contributed by atoms with Crippen molar-refractivity contribution in [2.24, 2.45) is 0 Å². The van der Waals surface area contributed by atoms with Crippen LogP contribution in [0.4, 0.5) is 0 Å². The molecule has 15 heavy (non-hydrogen) atoms. The van der Waals surface area contributed by atoms with E-state index < -0.39 is 0 Å². The summed E-state index contributed by atoms with van der Waals surface area (Å²) in [6.45, 7) is 5.00. The van der Waals surface area contributed by atoms with Crippen LogP contribution in [0.3, 0.4) is 0 Å². The second-order valence-electron chi connectivity index (χ2n) is 4.07. The minimum atomic E-state index is 0.288. The minimum absolute atomic E-state index is 0.288. The van der Waals surface area contributed by atoms with Crippen LogP contribution in [0, 0.1) is 0 Å². The fourth-order valence-electron chi connectivity index (χ4n) is 1.70. The number of nitrogens with zero attached hydrogens (tertiary/aromatic N) is 2. The molecule has 1 aromatic heterocycles. The number of hydrogen-bond donors (Lipinski definition) is 1. The highest BCUT2D eigenvalue weighted by Gasteiger charge is 2.27. The molecule has 2 rings (SSSR count). The lowest BCUT2D eigenvalue weighted by molar-refractivity contribution is 0.123. The molecule has 0 spiro atoms. The van der Waals surface area contributed by atoms with Crippen molar-refractivity contribution in [1.29, 1.82) is 0 Å². The standard InChI is InChI=1S/C10H17N3OS/c1-6-4-8(5-14-6)10-13-12-9(15-10)7(2)11-3/h6-8,11H,4-5H2,1-3H3. The maximum absolute atomic E-state index is 5.54. The van der Waals surface area contributed by atoms with Crippen molar-refractivity contribution in [2.75, 3.05) is 13.7 Å². The number of ether oxygens (including phenoxy) is 1. The van der Waals surface area contributed by atoms with Crippen LogP contribution in [-0.2, 0) is 4.74 Å². The number of nitrogens with one attached hydrogen (secondary N) is 1. The van der Waals surface area contributed by atoms with Crippen molar-refractivity contribution in [1.82, 2.24) is 15.5 Å². The second kappa shape index (κ2) is 4.55. The van der Waals surface area contributed by atoms with E-state index in [0.717, 1.165) is 23.0 Å². The summed E-state index contributed by atoms with van der Waals surface area (Å²) in [5, 5.41) is 13.8. The van der Waals surface area contributed by atoms with E-state index in [9.17, 15) is 0 Å². The van der Waals surface area contributed by atoms with Crippen molar-refractivity contribution >= 4 is 11.3 Å². The fourth-order valence-corrected chi connectivity index (χ4v) is 2.70. The Balaban J connectivity index is 2.07. The zero-order valence-corrected chi connectivity index (χ0v) is 10.2. The molecule has 5 heteroatoms. The van der Waals surface area contributed by atoms with Gasteiger partial charge in [-0.2, -0.15) is 0 Å². The summed E-state index contributed by atoms with van der Waals surface area (Å²) in [6.07, 6.45) is 1.44. The van der Waals surface area contributed by atoms with Gasteiger partial charge in [0.25, 0.3) is 0 Å². The Hall–Kier alpha value is -0.520. The molecule has 4 nitrogen and oxygen atoms in total. The van der Waals surface area contributed by atoms with Gasteiger partial charge in [0, 0.05) is 5.92 Å². The third-order valence-electron chi connectivity index (χ3n) is 2.81. The quantitative estimate of drug-likeness (QED) is 0.854. The Bertz CT molecular complexity index is 328. The van der Waals surface area contributed by atoms with Crippen LogP contribution in [-0.4, -0.2) is 30.0 Å². The van der Waals surface area contributed by atoms with Gasteiger partial charge in [-0.05, 0) is 27.3 Å². The molecule has 1 saturated heterocycles. The smallest absolute Gasteiger partial charge is 0.134 e. The van der Waals surface area contributed by atoms with Crippen LogP contribution >= 0.6 is 11.3 Å². The van der Waals surface area contributed by atoms with Gasteiger partial charge in [0.2, 0.25) is 0 Å². The average Bonchev–Trinajstić information content (AvgIpc) is 2.84. The van der Waals surface area contributed by atoms with Gasteiger partial charge >= 0.3 is 0 Å². The summed E-state index contributed by atoms with van der Waals surface area (Å²) in [5.41, 5.74) is 0. The predicted octanol–water partition coefficient (Wildman–Crippen LogP) is 1.71. The molecule has 1 N–H and O–H groups in total. The SMILES string of the molecule is CNC(C)c1nnc(C2COC(C)C2)s1. The van der Waals surface area contributed by atoms with Crippen molar-refractivity contribution in [2.45, 2.75) is 38.3 Å². The molecule has 1 aliphatic heterocycles. The molecule has 0 aromatic carbocycles. The first-order valence-corrected chi connectivity index (χ1v) is 6.14. The number of aromatic nitrogens is 2. The van der Waals surface area contributed by atoms with E-state index >= 15 is 0 Å². The maximum Gasteiger partial charge on any atom is 0.134 e. The molecule has 1 fully saturated rings. The molecular formula is C10H17N3OS. The maximum atomic E-state index is 5.54. The third kappa shape index (κ3) is 2.35. The molecule has 1 aromatic rings. The first-order chi connectivity index (χ1) is 7.20. The van der Waals surface area contributed by atoms with E-state index in [2.05, 4.69) is 29.4 Å². The van der Waals surface area contributed by atoms with Gasteiger partial charge in [0.05, 0.1) is 18.8 Å². The summed E-state index contributed by atoms with van der Waals surface area (Å²) < 4.78 is 5.54. The summed E-state index contributed by atoms with van der Waals surface area (Å²) >= 11 is 1.70. The minimum Gasteiger partial charge on any atom is -0.378 e. The van der Waals surface area contributed by atoms with Crippen molar-refractivity contribution in [3.8, 4) is 0 Å². The lowest BCUT2D eigenvalue weighted by Gasteiger charge is -2.03. The van der Waals surface area contributed by atoms with Crippen molar-refractivity contribution < 1.29 is 4.74 Å². The molecule has 1 aliphatic rings. The zero-order chi connectivity index (χ0) is 10.8. The van der Waals surface area contributed by atoms with Crippen LogP contribution in [0.15, 0.2) is 0 Å². The van der Waals surface area contributed by atoms with E-state index in [4.69, 9.17) is 4.74 Å². The summed E-state index contributed by atoms with van der Waals surface area (Å²) in [6, 6.07) is 0.288. The molecule has 2 heterocycles. The van der Waals surface area contributed by atoms with E-state index in [1.54, 1.807) is 11.3 Å². The largest absolute Gasteiger partial charge is 0.378 e. The summed E-state index contributed by atoms with van der Waals surface area (Å²) in [7, 11) is 1.94. The third-order valence-corrected chi connectivity index (χ3v) is 4.08. The fraction of sp³-hybridized carbons (Fsp3) is 0.800. The van der Waals surface area contributed by atoms with Gasteiger partial charge in [-0.1, -0.05) is 11.3 Å². The Morgan fingerprint density at radius 2 is 2.33 bits per heavy atom. The monoisotopic (exact) mass is 227 g/mol. The Morgan fingerprint density at radius 1 is 1.53 bits per heavy atom. The highest BCUT2D eigenvalue weighted by atomic mass is 32.1. The molecule has 0 aliphatic carbocycles. The van der Waals surface area contributed by atoms with E-state index in [0.29, 0.717) is 12.0 Å². The zero-order valence-electron chi connectivity index (χ0n) is 9.36. The van der Waals surface area contributed by atoms with Gasteiger partial charge < -0.3 is 10.1 Å².